The van der Waals surface area contributed by atoms with Crippen molar-refractivity contribution in [2.75, 3.05) is 6.61 Å². The van der Waals surface area contributed by atoms with Gasteiger partial charge in [-0.05, 0) is 24.8 Å². The van der Waals surface area contributed by atoms with E-state index in [1.165, 1.54) is 18.2 Å². The molecule has 0 radical (unpaired) electrons. The van der Waals surface area contributed by atoms with E-state index in [1.54, 1.807) is 0 Å². The Labute approximate surface area is 103 Å². The lowest BCUT2D eigenvalue weighted by Crippen LogP contribution is -2.19. The maximum absolute atomic E-state index is 10.8. The van der Waals surface area contributed by atoms with Crippen LogP contribution < -0.4 is 4.74 Å². The average molecular weight is 251 g/mol. The largest absolute Gasteiger partial charge is 0.487 e. The minimum Gasteiger partial charge on any atom is -0.487 e. The van der Waals surface area contributed by atoms with Crippen molar-refractivity contribution in [1.82, 2.24) is 0 Å². The monoisotopic (exact) mass is 251 g/mol. The predicted octanol–water partition coefficient (Wildman–Crippen LogP) is 2.47. The molecule has 18 heavy (non-hydrogen) atoms. The van der Waals surface area contributed by atoms with Crippen molar-refractivity contribution in [3.05, 3.63) is 33.9 Å². The molecule has 1 aromatic carbocycles. The van der Waals surface area contributed by atoms with Gasteiger partial charge in [0.1, 0.15) is 0 Å². The van der Waals surface area contributed by atoms with Gasteiger partial charge in [0.15, 0.2) is 5.75 Å². The molecule has 1 aliphatic carbocycles. The average Bonchev–Trinajstić information content (AvgIpc) is 2.26. The maximum atomic E-state index is 10.8. The van der Waals surface area contributed by atoms with Crippen LogP contribution in [0.5, 0.6) is 5.75 Å². The van der Waals surface area contributed by atoms with E-state index in [2.05, 4.69) is 0 Å². The van der Waals surface area contributed by atoms with Crippen molar-refractivity contribution in [2.24, 2.45) is 5.92 Å². The highest BCUT2D eigenvalue weighted by Crippen LogP contribution is 2.31. The molecule has 0 amide bonds. The predicted molar refractivity (Wildman–Crippen MR) is 62.9 cm³/mol. The van der Waals surface area contributed by atoms with E-state index in [-0.39, 0.29) is 17.0 Å². The summed E-state index contributed by atoms with van der Waals surface area (Å²) in [5.41, 5.74) is -0.205. The van der Waals surface area contributed by atoms with Gasteiger partial charge in [-0.2, -0.15) is 0 Å². The number of rotatable bonds is 5. The number of hydrogen-bond acceptors (Lipinski definition) is 4. The van der Waals surface area contributed by atoms with E-state index in [4.69, 9.17) is 9.84 Å². The number of benzene rings is 1. The molecule has 0 heterocycles. The van der Waals surface area contributed by atoms with E-state index in [1.807, 2.05) is 0 Å². The van der Waals surface area contributed by atoms with Crippen molar-refractivity contribution in [1.29, 1.82) is 0 Å². The molecule has 0 aromatic heterocycles. The van der Waals surface area contributed by atoms with E-state index in [9.17, 15) is 14.9 Å². The number of nitro groups is 1. The fourth-order valence-corrected chi connectivity index (χ4v) is 1.78. The van der Waals surface area contributed by atoms with Crippen LogP contribution in [-0.2, 0) is 0 Å². The van der Waals surface area contributed by atoms with Crippen LogP contribution >= 0.6 is 0 Å². The van der Waals surface area contributed by atoms with Crippen LogP contribution in [0.2, 0.25) is 0 Å². The standard InChI is InChI=1S/C12H13NO5/c14-12(15)9-4-5-10(13(16)17)11(6-9)18-7-8-2-1-3-8/h4-6,8H,1-3,7H2,(H,14,15). The van der Waals surface area contributed by atoms with Crippen LogP contribution in [0.1, 0.15) is 29.6 Å². The number of carboxylic acid groups (broad SMARTS) is 1. The van der Waals surface area contributed by atoms with Gasteiger partial charge >= 0.3 is 11.7 Å². The van der Waals surface area contributed by atoms with Gasteiger partial charge < -0.3 is 9.84 Å². The smallest absolute Gasteiger partial charge is 0.335 e. The number of aromatic carboxylic acids is 1. The first-order valence-electron chi connectivity index (χ1n) is 5.72. The number of carbonyl (C=O) groups is 1. The topological polar surface area (TPSA) is 89.7 Å². The minimum absolute atomic E-state index is 0.00999. The van der Waals surface area contributed by atoms with Crippen LogP contribution in [0.4, 0.5) is 5.69 Å². The first-order valence-corrected chi connectivity index (χ1v) is 5.72. The summed E-state index contributed by atoms with van der Waals surface area (Å²) >= 11 is 0. The normalized spacial score (nSPS) is 14.9. The summed E-state index contributed by atoms with van der Waals surface area (Å²) in [6.45, 7) is 0.407. The molecule has 0 bridgehead atoms. The number of hydrogen-bond donors (Lipinski definition) is 1. The zero-order valence-corrected chi connectivity index (χ0v) is 9.67. The van der Waals surface area contributed by atoms with Gasteiger partial charge in [-0.25, -0.2) is 4.79 Å². The van der Waals surface area contributed by atoms with Gasteiger partial charge in [-0.15, -0.1) is 0 Å². The molecular formula is C12H13NO5. The Bertz CT molecular complexity index is 481. The Morgan fingerprint density at radius 1 is 1.50 bits per heavy atom. The van der Waals surface area contributed by atoms with Crippen LogP contribution in [0.15, 0.2) is 18.2 Å². The van der Waals surface area contributed by atoms with Gasteiger partial charge in [0, 0.05) is 12.1 Å². The van der Waals surface area contributed by atoms with Crippen molar-refractivity contribution in [3.8, 4) is 5.75 Å². The van der Waals surface area contributed by atoms with E-state index >= 15 is 0 Å². The molecule has 6 heteroatoms. The molecule has 96 valence electrons. The summed E-state index contributed by atoms with van der Waals surface area (Å²) in [4.78, 5) is 21.1. The molecule has 0 aliphatic heterocycles. The van der Waals surface area contributed by atoms with Crippen molar-refractivity contribution in [2.45, 2.75) is 19.3 Å². The second-order valence-electron chi connectivity index (χ2n) is 4.35. The highest BCUT2D eigenvalue weighted by Gasteiger charge is 2.22. The van der Waals surface area contributed by atoms with Crippen molar-refractivity contribution in [3.63, 3.8) is 0 Å². The van der Waals surface area contributed by atoms with Crippen LogP contribution in [0.25, 0.3) is 0 Å². The molecule has 1 fully saturated rings. The Morgan fingerprint density at radius 3 is 2.72 bits per heavy atom. The van der Waals surface area contributed by atoms with Crippen molar-refractivity contribution >= 4 is 11.7 Å². The lowest BCUT2D eigenvalue weighted by molar-refractivity contribution is -0.385. The quantitative estimate of drug-likeness (QED) is 0.641. The Hall–Kier alpha value is -2.11. The van der Waals surface area contributed by atoms with Gasteiger partial charge in [-0.1, -0.05) is 6.42 Å². The fourth-order valence-electron chi connectivity index (χ4n) is 1.78. The summed E-state index contributed by atoms with van der Waals surface area (Å²) in [5, 5.41) is 19.7. The van der Waals surface area contributed by atoms with Gasteiger partial charge in [0.25, 0.3) is 0 Å². The van der Waals surface area contributed by atoms with Crippen molar-refractivity contribution < 1.29 is 19.6 Å². The molecule has 1 saturated carbocycles. The second-order valence-corrected chi connectivity index (χ2v) is 4.35. The summed E-state index contributed by atoms with van der Waals surface area (Å²) < 4.78 is 5.39. The first kappa shape index (κ1) is 12.3. The maximum Gasteiger partial charge on any atom is 0.335 e. The van der Waals surface area contributed by atoms with E-state index < -0.39 is 10.9 Å². The summed E-state index contributed by atoms with van der Waals surface area (Å²) in [6.07, 6.45) is 3.28. The summed E-state index contributed by atoms with van der Waals surface area (Å²) in [5.74, 6) is -0.664. The number of ether oxygens (including phenoxy) is 1. The number of carboxylic acids is 1. The molecule has 0 spiro atoms. The van der Waals surface area contributed by atoms with Crippen LogP contribution in [-0.4, -0.2) is 22.6 Å². The highest BCUT2D eigenvalue weighted by atomic mass is 16.6. The first-order chi connectivity index (χ1) is 8.58. The van der Waals surface area contributed by atoms with E-state index in [0.717, 1.165) is 19.3 Å². The molecule has 1 aromatic rings. The molecule has 1 N–H and O–H groups in total. The third-order valence-corrected chi connectivity index (χ3v) is 3.10. The third kappa shape index (κ3) is 2.58. The number of nitro benzene ring substituents is 1. The van der Waals surface area contributed by atoms with E-state index in [0.29, 0.717) is 12.5 Å². The molecule has 0 unspecified atom stereocenters. The summed E-state index contributed by atoms with van der Waals surface area (Å²) in [6, 6.07) is 3.58. The van der Waals surface area contributed by atoms with Crippen LogP contribution in [0.3, 0.4) is 0 Å². The third-order valence-electron chi connectivity index (χ3n) is 3.10. The van der Waals surface area contributed by atoms with Gasteiger partial charge in [0.05, 0.1) is 17.1 Å². The fraction of sp³-hybridized carbons (Fsp3) is 0.417. The second kappa shape index (κ2) is 5.03. The highest BCUT2D eigenvalue weighted by molar-refractivity contribution is 5.88. The Balaban J connectivity index is 2.19. The molecule has 6 nitrogen and oxygen atoms in total. The summed E-state index contributed by atoms with van der Waals surface area (Å²) in [7, 11) is 0. The lowest BCUT2D eigenvalue weighted by atomic mass is 9.86. The Kier molecular flexibility index (Phi) is 3.45. The molecule has 2 rings (SSSR count). The lowest BCUT2D eigenvalue weighted by Gasteiger charge is -2.25. The van der Waals surface area contributed by atoms with Crippen LogP contribution in [0, 0.1) is 16.0 Å². The minimum atomic E-state index is -1.13. The molecular weight excluding hydrogens is 238 g/mol. The zero-order chi connectivity index (χ0) is 13.1. The SMILES string of the molecule is O=C(O)c1ccc([N+](=O)[O-])c(OCC2CCC2)c1. The molecule has 0 saturated heterocycles. The zero-order valence-electron chi connectivity index (χ0n) is 9.67. The molecule has 1 aliphatic rings. The van der Waals surface area contributed by atoms with Gasteiger partial charge in [0.2, 0.25) is 0 Å². The number of nitrogens with zero attached hydrogens (tertiary/aromatic N) is 1. The van der Waals surface area contributed by atoms with Gasteiger partial charge in [-0.3, -0.25) is 10.1 Å². The Morgan fingerprint density at radius 2 is 2.22 bits per heavy atom. The molecule has 0 atom stereocenters.